The molecule has 0 saturated heterocycles. The molecular weight excluding hydrogens is 422 g/mol. The fraction of sp³-hybridized carbons (Fsp3) is 0.364. The van der Waals surface area contributed by atoms with Gasteiger partial charge in [0.2, 0.25) is 11.8 Å². The molecular formula is C22H22ClN3O3S. The van der Waals surface area contributed by atoms with Crippen LogP contribution >= 0.6 is 22.9 Å². The van der Waals surface area contributed by atoms with Crippen molar-refractivity contribution in [3.05, 3.63) is 39.5 Å². The van der Waals surface area contributed by atoms with E-state index in [0.717, 1.165) is 25.7 Å². The van der Waals surface area contributed by atoms with Crippen molar-refractivity contribution in [2.24, 2.45) is 11.8 Å². The summed E-state index contributed by atoms with van der Waals surface area (Å²) in [6, 6.07) is 10.7. The van der Waals surface area contributed by atoms with E-state index in [2.05, 4.69) is 11.4 Å². The summed E-state index contributed by atoms with van der Waals surface area (Å²) in [5.41, 5.74) is 0.430. The number of hydrogen-bond acceptors (Lipinski definition) is 5. The molecule has 3 aromatic rings. The Hall–Kier alpha value is -2.69. The highest BCUT2D eigenvalue weighted by Gasteiger charge is 2.26. The molecule has 0 radical (unpaired) electrons. The Balaban J connectivity index is 1.62. The van der Waals surface area contributed by atoms with Crippen molar-refractivity contribution >= 4 is 45.3 Å². The van der Waals surface area contributed by atoms with Gasteiger partial charge in [-0.1, -0.05) is 24.1 Å². The van der Waals surface area contributed by atoms with Crippen molar-refractivity contribution in [3.8, 4) is 17.8 Å². The zero-order valence-corrected chi connectivity index (χ0v) is 17.8. The van der Waals surface area contributed by atoms with E-state index in [0.29, 0.717) is 44.6 Å². The lowest BCUT2D eigenvalue weighted by atomic mass is 9.80. The van der Waals surface area contributed by atoms with Gasteiger partial charge in [0.1, 0.15) is 0 Å². The molecule has 30 heavy (non-hydrogen) atoms. The van der Waals surface area contributed by atoms with Crippen molar-refractivity contribution in [2.75, 3.05) is 5.32 Å². The number of thiophene rings is 1. The second-order valence-electron chi connectivity index (χ2n) is 7.80. The van der Waals surface area contributed by atoms with E-state index in [-0.39, 0.29) is 23.6 Å². The molecule has 1 saturated carbocycles. The minimum atomic E-state index is -0.322. The van der Waals surface area contributed by atoms with Crippen LogP contribution in [0, 0.1) is 23.2 Å². The third kappa shape index (κ3) is 3.98. The second kappa shape index (κ2) is 8.58. The lowest BCUT2D eigenvalue weighted by molar-refractivity contribution is 0.103. The van der Waals surface area contributed by atoms with Gasteiger partial charge in [0.05, 0.1) is 26.4 Å². The number of carbonyl (C=O) groups is 1. The minimum Gasteiger partial charge on any atom is -0.494 e. The number of fused-ring (bicyclic) bond motifs is 1. The standard InChI is InChI=1S/C22H22ClN3O3S/c23-18-8-7-17(30-18)20(27)25-16-6-2-5-15-19(16)22(29)26(21(15)28)12-14-4-1-3-13(11-14)9-10-24/h2,5-8,13-14,28-29H,1,3-4,9,11-12H2,(H,25,27). The first-order valence-corrected chi connectivity index (χ1v) is 11.1. The molecule has 2 aromatic heterocycles. The maximum Gasteiger partial charge on any atom is 0.265 e. The average Bonchev–Trinajstić information content (AvgIpc) is 3.27. The summed E-state index contributed by atoms with van der Waals surface area (Å²) in [6.45, 7) is 0.474. The number of nitriles is 1. The van der Waals surface area contributed by atoms with Gasteiger partial charge in [-0.25, -0.2) is 0 Å². The molecule has 1 amide bonds. The first-order chi connectivity index (χ1) is 14.5. The molecule has 3 N–H and O–H groups in total. The van der Waals surface area contributed by atoms with Gasteiger partial charge in [0.25, 0.3) is 5.91 Å². The largest absolute Gasteiger partial charge is 0.494 e. The highest BCUT2D eigenvalue weighted by molar-refractivity contribution is 7.18. The van der Waals surface area contributed by atoms with Crippen LogP contribution in [0.25, 0.3) is 10.8 Å². The molecule has 0 bridgehead atoms. The van der Waals surface area contributed by atoms with E-state index in [1.165, 1.54) is 15.9 Å². The summed E-state index contributed by atoms with van der Waals surface area (Å²) in [5, 5.41) is 34.4. The van der Waals surface area contributed by atoms with Gasteiger partial charge in [0.15, 0.2) is 0 Å². The Kier molecular flexibility index (Phi) is 5.89. The Morgan fingerprint density at radius 2 is 2.03 bits per heavy atom. The quantitative estimate of drug-likeness (QED) is 0.468. The van der Waals surface area contributed by atoms with E-state index >= 15 is 0 Å². The number of benzene rings is 1. The van der Waals surface area contributed by atoms with Gasteiger partial charge < -0.3 is 15.5 Å². The third-order valence-electron chi connectivity index (χ3n) is 5.80. The number of amides is 1. The summed E-state index contributed by atoms with van der Waals surface area (Å²) in [5.74, 6) is 0.250. The van der Waals surface area contributed by atoms with Crippen LogP contribution < -0.4 is 5.32 Å². The van der Waals surface area contributed by atoms with Crippen molar-refractivity contribution in [3.63, 3.8) is 0 Å². The Morgan fingerprint density at radius 3 is 2.77 bits per heavy atom. The molecule has 2 unspecified atom stereocenters. The predicted octanol–water partition coefficient (Wildman–Crippen LogP) is 5.74. The lowest BCUT2D eigenvalue weighted by Crippen LogP contribution is -2.19. The summed E-state index contributed by atoms with van der Waals surface area (Å²) in [6.07, 6.45) is 4.55. The van der Waals surface area contributed by atoms with E-state index < -0.39 is 0 Å². The molecule has 2 atom stereocenters. The van der Waals surface area contributed by atoms with Gasteiger partial charge in [-0.2, -0.15) is 5.26 Å². The van der Waals surface area contributed by atoms with Crippen LogP contribution in [0.2, 0.25) is 4.34 Å². The number of aromatic hydroxyl groups is 2. The first-order valence-electron chi connectivity index (χ1n) is 9.94. The molecule has 6 nitrogen and oxygen atoms in total. The van der Waals surface area contributed by atoms with Crippen LogP contribution in [-0.4, -0.2) is 20.7 Å². The molecule has 1 aliphatic rings. The first kappa shape index (κ1) is 20.6. The Morgan fingerprint density at radius 1 is 1.23 bits per heavy atom. The zero-order chi connectivity index (χ0) is 21.3. The molecule has 4 rings (SSSR count). The van der Waals surface area contributed by atoms with Crippen LogP contribution in [0.15, 0.2) is 30.3 Å². The number of aromatic nitrogens is 1. The molecule has 1 fully saturated rings. The third-order valence-corrected chi connectivity index (χ3v) is 7.03. The Bertz CT molecular complexity index is 1130. The fourth-order valence-electron chi connectivity index (χ4n) is 4.40. The summed E-state index contributed by atoms with van der Waals surface area (Å²) in [7, 11) is 0. The van der Waals surface area contributed by atoms with Crippen molar-refractivity contribution in [1.29, 1.82) is 5.26 Å². The molecule has 156 valence electrons. The summed E-state index contributed by atoms with van der Waals surface area (Å²) >= 11 is 7.09. The second-order valence-corrected chi connectivity index (χ2v) is 9.52. The van der Waals surface area contributed by atoms with Gasteiger partial charge in [-0.15, -0.1) is 11.3 Å². The van der Waals surface area contributed by atoms with Crippen LogP contribution in [0.5, 0.6) is 11.8 Å². The van der Waals surface area contributed by atoms with Crippen molar-refractivity contribution in [2.45, 2.75) is 38.6 Å². The molecule has 0 aliphatic heterocycles. The molecule has 1 aliphatic carbocycles. The van der Waals surface area contributed by atoms with E-state index in [4.69, 9.17) is 16.9 Å². The zero-order valence-electron chi connectivity index (χ0n) is 16.3. The molecule has 0 spiro atoms. The van der Waals surface area contributed by atoms with E-state index in [1.807, 2.05) is 0 Å². The lowest BCUT2D eigenvalue weighted by Gasteiger charge is -2.28. The topological polar surface area (TPSA) is 98.3 Å². The van der Waals surface area contributed by atoms with Gasteiger partial charge in [-0.05, 0) is 55.4 Å². The maximum absolute atomic E-state index is 12.6. The normalized spacial score (nSPS) is 18.9. The van der Waals surface area contributed by atoms with Crippen LogP contribution in [0.1, 0.15) is 41.8 Å². The van der Waals surface area contributed by atoms with E-state index in [1.54, 1.807) is 30.3 Å². The predicted molar refractivity (Wildman–Crippen MR) is 118 cm³/mol. The number of hydrogen-bond donors (Lipinski definition) is 3. The van der Waals surface area contributed by atoms with E-state index in [9.17, 15) is 15.0 Å². The summed E-state index contributed by atoms with van der Waals surface area (Å²) < 4.78 is 2.04. The molecule has 1 aromatic carbocycles. The van der Waals surface area contributed by atoms with Crippen molar-refractivity contribution in [1.82, 2.24) is 4.57 Å². The van der Waals surface area contributed by atoms with Crippen LogP contribution in [0.4, 0.5) is 5.69 Å². The monoisotopic (exact) mass is 443 g/mol. The van der Waals surface area contributed by atoms with Gasteiger partial charge in [-0.3, -0.25) is 9.36 Å². The highest BCUT2D eigenvalue weighted by Crippen LogP contribution is 2.42. The SMILES string of the molecule is N#CCC1CCCC(Cn2c(O)c3cccc(NC(=O)c4ccc(Cl)s4)c3c2O)C1. The number of rotatable bonds is 5. The Labute approximate surface area is 183 Å². The van der Waals surface area contributed by atoms with Crippen LogP contribution in [0.3, 0.4) is 0 Å². The number of anilines is 1. The smallest absolute Gasteiger partial charge is 0.265 e. The fourth-order valence-corrected chi connectivity index (χ4v) is 5.34. The number of carbonyl (C=O) groups excluding carboxylic acids is 1. The number of nitrogens with one attached hydrogen (secondary N) is 1. The van der Waals surface area contributed by atoms with Crippen molar-refractivity contribution < 1.29 is 15.0 Å². The average molecular weight is 444 g/mol. The number of nitrogens with zero attached hydrogens (tertiary/aromatic N) is 2. The van der Waals surface area contributed by atoms with Gasteiger partial charge >= 0.3 is 0 Å². The molecule has 8 heteroatoms. The van der Waals surface area contributed by atoms with Gasteiger partial charge in [0, 0.05) is 18.4 Å². The molecule has 2 heterocycles. The number of halogens is 1. The maximum atomic E-state index is 12.6. The highest BCUT2D eigenvalue weighted by atomic mass is 35.5. The summed E-state index contributed by atoms with van der Waals surface area (Å²) in [4.78, 5) is 13.0. The van der Waals surface area contributed by atoms with Crippen LogP contribution in [-0.2, 0) is 6.54 Å². The minimum absolute atomic E-state index is 0.0137.